The maximum atomic E-state index is 12.6. The lowest BCUT2D eigenvalue weighted by Crippen LogP contribution is -2.32. The second-order valence-electron chi connectivity index (χ2n) is 8.33. The summed E-state index contributed by atoms with van der Waals surface area (Å²) < 4.78 is 6.33. The van der Waals surface area contributed by atoms with Crippen LogP contribution in [0.3, 0.4) is 0 Å². The van der Waals surface area contributed by atoms with Gasteiger partial charge >= 0.3 is 12.1 Å². The first-order valence-electron chi connectivity index (χ1n) is 11.3. The number of anilines is 1. The zero-order valence-electron chi connectivity index (χ0n) is 19.1. The Bertz CT molecular complexity index is 1230. The zero-order chi connectivity index (χ0) is 24.9. The molecule has 0 aliphatic heterocycles. The molecule has 180 valence electrons. The first kappa shape index (κ1) is 24.7. The molecule has 0 spiro atoms. The molecular formula is C27H25IN2O5. The van der Waals surface area contributed by atoms with Crippen molar-refractivity contribution in [3.05, 3.63) is 87.0 Å². The summed E-state index contributed by atoms with van der Waals surface area (Å²) in [7, 11) is 0. The van der Waals surface area contributed by atoms with Gasteiger partial charge in [0.25, 0.3) is 5.91 Å². The highest BCUT2D eigenvalue weighted by atomic mass is 127. The van der Waals surface area contributed by atoms with Gasteiger partial charge in [-0.1, -0.05) is 55.5 Å². The lowest BCUT2D eigenvalue weighted by molar-refractivity contribution is -0.141. The number of fused-ring (bicyclic) bond motifs is 3. The molecule has 1 aliphatic carbocycles. The van der Waals surface area contributed by atoms with Crippen LogP contribution in [0.1, 0.15) is 40.7 Å². The minimum absolute atomic E-state index is 0.0330. The van der Waals surface area contributed by atoms with Gasteiger partial charge in [-0.25, -0.2) is 4.79 Å². The molecule has 7 nitrogen and oxygen atoms in total. The fourth-order valence-electron chi connectivity index (χ4n) is 4.27. The van der Waals surface area contributed by atoms with Crippen LogP contribution in [-0.2, 0) is 9.53 Å². The van der Waals surface area contributed by atoms with Gasteiger partial charge in [0, 0.05) is 27.3 Å². The van der Waals surface area contributed by atoms with Gasteiger partial charge in [0.2, 0.25) is 0 Å². The van der Waals surface area contributed by atoms with Crippen LogP contribution in [0.4, 0.5) is 10.5 Å². The summed E-state index contributed by atoms with van der Waals surface area (Å²) in [6, 6.07) is 21.2. The number of carboxylic acids is 1. The van der Waals surface area contributed by atoms with E-state index in [0.29, 0.717) is 17.7 Å². The molecule has 3 aromatic rings. The van der Waals surface area contributed by atoms with Crippen LogP contribution in [0.25, 0.3) is 11.1 Å². The molecule has 0 heterocycles. The average Bonchev–Trinajstić information content (AvgIpc) is 3.16. The van der Waals surface area contributed by atoms with E-state index in [1.165, 1.54) is 0 Å². The Morgan fingerprint density at radius 2 is 1.63 bits per heavy atom. The molecule has 3 aromatic carbocycles. The molecule has 0 aromatic heterocycles. The zero-order valence-corrected chi connectivity index (χ0v) is 21.2. The molecule has 8 heteroatoms. The molecule has 35 heavy (non-hydrogen) atoms. The molecule has 3 N–H and O–H groups in total. The van der Waals surface area contributed by atoms with E-state index in [-0.39, 0.29) is 19.1 Å². The number of carbonyl (C=O) groups excluding carboxylic acids is 2. The van der Waals surface area contributed by atoms with Gasteiger partial charge in [0.05, 0.1) is 5.92 Å². The lowest BCUT2D eigenvalue weighted by atomic mass is 9.98. The van der Waals surface area contributed by atoms with Gasteiger partial charge in [-0.3, -0.25) is 14.9 Å². The summed E-state index contributed by atoms with van der Waals surface area (Å²) in [6.07, 6.45) is -0.201. The summed E-state index contributed by atoms with van der Waals surface area (Å²) in [5.41, 5.74) is 5.30. The highest BCUT2D eigenvalue weighted by molar-refractivity contribution is 14.1. The number of carbonyl (C=O) groups is 3. The quantitative estimate of drug-likeness (QED) is 0.304. The SMILES string of the molecule is CCC(CNC(=O)c1cc(I)cc(NC(=O)OCC2c3ccccc3-c3ccccc32)c1)C(=O)O. The Labute approximate surface area is 217 Å². The van der Waals surface area contributed by atoms with E-state index < -0.39 is 23.9 Å². The molecule has 0 fully saturated rings. The van der Waals surface area contributed by atoms with Crippen LogP contribution in [-0.4, -0.2) is 36.2 Å². The summed E-state index contributed by atoms with van der Waals surface area (Å²) in [6.45, 7) is 1.98. The highest BCUT2D eigenvalue weighted by Gasteiger charge is 2.29. The van der Waals surface area contributed by atoms with Gasteiger partial charge in [0.15, 0.2) is 0 Å². The Hall–Kier alpha value is -3.40. The van der Waals surface area contributed by atoms with E-state index in [4.69, 9.17) is 9.84 Å². The summed E-state index contributed by atoms with van der Waals surface area (Å²) in [5, 5.41) is 14.5. The number of hydrogen-bond donors (Lipinski definition) is 3. The summed E-state index contributed by atoms with van der Waals surface area (Å²) >= 11 is 2.06. The van der Waals surface area contributed by atoms with Gasteiger partial charge in [0.1, 0.15) is 6.61 Å². The molecule has 0 saturated heterocycles. The predicted molar refractivity (Wildman–Crippen MR) is 142 cm³/mol. The average molecular weight is 584 g/mol. The number of benzene rings is 3. The highest BCUT2D eigenvalue weighted by Crippen LogP contribution is 2.44. The van der Waals surface area contributed by atoms with Gasteiger partial charge in [-0.15, -0.1) is 0 Å². The molecule has 1 unspecified atom stereocenters. The fourth-order valence-corrected chi connectivity index (χ4v) is 4.94. The minimum Gasteiger partial charge on any atom is -0.481 e. The Balaban J connectivity index is 1.40. The molecule has 0 radical (unpaired) electrons. The standard InChI is InChI=1S/C27H25IN2O5/c1-2-16(26(32)33)14-29-25(31)17-11-18(28)13-19(12-17)30-27(34)35-15-24-22-9-5-3-7-20(22)21-8-4-6-10-23(21)24/h3-13,16,24H,2,14-15H2,1H3,(H,29,31)(H,30,34)(H,32,33). The number of nitrogens with one attached hydrogen (secondary N) is 2. The second-order valence-corrected chi connectivity index (χ2v) is 9.58. The van der Waals surface area contributed by atoms with Crippen LogP contribution < -0.4 is 10.6 Å². The number of rotatable bonds is 8. The number of aliphatic carboxylic acids is 1. The van der Waals surface area contributed by atoms with E-state index in [1.54, 1.807) is 25.1 Å². The second kappa shape index (κ2) is 10.9. The van der Waals surface area contributed by atoms with Crippen molar-refractivity contribution in [2.24, 2.45) is 5.92 Å². The van der Waals surface area contributed by atoms with Crippen molar-refractivity contribution in [2.45, 2.75) is 19.3 Å². The molecule has 2 amide bonds. The van der Waals surface area contributed by atoms with Crippen LogP contribution in [0.15, 0.2) is 66.7 Å². The normalized spacial score (nSPS) is 12.9. The molecule has 4 rings (SSSR count). The molecule has 0 bridgehead atoms. The van der Waals surface area contributed by atoms with Crippen molar-refractivity contribution in [2.75, 3.05) is 18.5 Å². The van der Waals surface area contributed by atoms with Crippen LogP contribution >= 0.6 is 22.6 Å². The van der Waals surface area contributed by atoms with Crippen molar-refractivity contribution < 1.29 is 24.2 Å². The van der Waals surface area contributed by atoms with E-state index >= 15 is 0 Å². The van der Waals surface area contributed by atoms with Gasteiger partial charge in [-0.05, 0) is 69.5 Å². The van der Waals surface area contributed by atoms with E-state index in [1.807, 2.05) is 24.3 Å². The van der Waals surface area contributed by atoms with E-state index in [0.717, 1.165) is 25.8 Å². The molecule has 1 atom stereocenters. The van der Waals surface area contributed by atoms with Gasteiger partial charge in [-0.2, -0.15) is 0 Å². The van der Waals surface area contributed by atoms with Crippen LogP contribution in [0.2, 0.25) is 0 Å². The molecule has 1 aliphatic rings. The van der Waals surface area contributed by atoms with Crippen LogP contribution in [0, 0.1) is 9.49 Å². The molecule has 0 saturated carbocycles. The third-order valence-corrected chi connectivity index (χ3v) is 6.72. The van der Waals surface area contributed by atoms with Crippen molar-refractivity contribution in [3.63, 3.8) is 0 Å². The summed E-state index contributed by atoms with van der Waals surface area (Å²) in [5.74, 6) is -2.06. The van der Waals surface area contributed by atoms with E-state index in [2.05, 4.69) is 57.5 Å². The number of hydrogen-bond acceptors (Lipinski definition) is 4. The Morgan fingerprint density at radius 1 is 1.00 bits per heavy atom. The lowest BCUT2D eigenvalue weighted by Gasteiger charge is -2.15. The first-order valence-corrected chi connectivity index (χ1v) is 12.4. The van der Waals surface area contributed by atoms with Crippen molar-refractivity contribution in [1.29, 1.82) is 0 Å². The van der Waals surface area contributed by atoms with Crippen LogP contribution in [0.5, 0.6) is 0 Å². The maximum Gasteiger partial charge on any atom is 0.411 e. The number of halogens is 1. The fraction of sp³-hybridized carbons (Fsp3) is 0.222. The third-order valence-electron chi connectivity index (χ3n) is 6.10. The minimum atomic E-state index is -0.951. The third kappa shape index (κ3) is 5.64. The number of carboxylic acid groups (broad SMARTS) is 1. The van der Waals surface area contributed by atoms with Gasteiger partial charge < -0.3 is 15.2 Å². The molecular weight excluding hydrogens is 559 g/mol. The van der Waals surface area contributed by atoms with Crippen molar-refractivity contribution in [1.82, 2.24) is 5.32 Å². The van der Waals surface area contributed by atoms with Crippen molar-refractivity contribution in [3.8, 4) is 11.1 Å². The first-order chi connectivity index (χ1) is 16.9. The topological polar surface area (TPSA) is 105 Å². The number of amides is 2. The Kier molecular flexibility index (Phi) is 7.70. The smallest absolute Gasteiger partial charge is 0.411 e. The number of ether oxygens (including phenoxy) is 1. The van der Waals surface area contributed by atoms with Crippen molar-refractivity contribution >= 4 is 46.2 Å². The predicted octanol–water partition coefficient (Wildman–Crippen LogP) is 5.49. The maximum absolute atomic E-state index is 12.6. The Morgan fingerprint density at radius 3 is 2.23 bits per heavy atom. The summed E-state index contributed by atoms with van der Waals surface area (Å²) in [4.78, 5) is 36.4. The van der Waals surface area contributed by atoms with E-state index in [9.17, 15) is 14.4 Å². The largest absolute Gasteiger partial charge is 0.481 e. The monoisotopic (exact) mass is 584 g/mol.